The first-order valence-electron chi connectivity index (χ1n) is 12.0. The molecule has 0 spiro atoms. The largest absolute Gasteiger partial charge is 0.482 e. The molecule has 6 heteroatoms. The van der Waals surface area contributed by atoms with Crippen LogP contribution >= 0.6 is 0 Å². The number of carbonyl (C=O) groups is 1. The second-order valence-corrected chi connectivity index (χ2v) is 11.2. The van der Waals surface area contributed by atoms with Crippen LogP contribution in [0, 0.1) is 6.92 Å². The number of rotatable bonds is 7. The Labute approximate surface area is 211 Å². The zero-order valence-electron chi connectivity index (χ0n) is 20.8. The van der Waals surface area contributed by atoms with Crippen LogP contribution in [0.25, 0.3) is 11.1 Å². The molecule has 5 nitrogen and oxygen atoms in total. The van der Waals surface area contributed by atoms with Crippen LogP contribution in [0.4, 0.5) is 0 Å². The summed E-state index contributed by atoms with van der Waals surface area (Å²) in [6, 6.07) is 22.4. The van der Waals surface area contributed by atoms with Gasteiger partial charge in [0.25, 0.3) is 11.4 Å². The van der Waals surface area contributed by atoms with Crippen molar-refractivity contribution >= 4 is 17.3 Å². The van der Waals surface area contributed by atoms with Gasteiger partial charge in [0.15, 0.2) is 6.61 Å². The molecule has 3 aromatic carbocycles. The van der Waals surface area contributed by atoms with Gasteiger partial charge in [0.2, 0.25) is 4.90 Å². The Kier molecular flexibility index (Phi) is 7.85. The van der Waals surface area contributed by atoms with Gasteiger partial charge >= 0.3 is 5.97 Å². The van der Waals surface area contributed by atoms with Crippen LogP contribution in [-0.2, 0) is 27.3 Å². The van der Waals surface area contributed by atoms with Crippen molar-refractivity contribution in [2.75, 3.05) is 6.61 Å². The normalized spacial score (nSPS) is 16.3. The van der Waals surface area contributed by atoms with Crippen LogP contribution in [0.1, 0.15) is 56.3 Å². The molecule has 0 amide bonds. The molecule has 184 valence electrons. The van der Waals surface area contributed by atoms with Gasteiger partial charge < -0.3 is 9.47 Å². The van der Waals surface area contributed by atoms with Gasteiger partial charge in [-0.3, -0.25) is 0 Å². The van der Waals surface area contributed by atoms with Crippen LogP contribution in [0.2, 0.25) is 0 Å². The summed E-state index contributed by atoms with van der Waals surface area (Å²) < 4.78 is 25.6. The lowest BCUT2D eigenvalue weighted by molar-refractivity contribution is -0.157. The van der Waals surface area contributed by atoms with E-state index in [1.807, 2.05) is 45.0 Å². The van der Waals surface area contributed by atoms with E-state index in [0.717, 1.165) is 46.4 Å². The molecule has 0 aliphatic heterocycles. The molecule has 1 aliphatic rings. The molecule has 0 fully saturated rings. The van der Waals surface area contributed by atoms with Crippen molar-refractivity contribution in [3.05, 3.63) is 83.4 Å². The average molecular weight is 493 g/mol. The van der Waals surface area contributed by atoms with Gasteiger partial charge in [-0.05, 0) is 99.5 Å². The predicted molar refractivity (Wildman–Crippen MR) is 141 cm³/mol. The van der Waals surface area contributed by atoms with Crippen LogP contribution in [0.5, 0.6) is 5.75 Å². The van der Waals surface area contributed by atoms with Gasteiger partial charge in [-0.25, -0.2) is 4.79 Å². The fourth-order valence-electron chi connectivity index (χ4n) is 4.31. The summed E-state index contributed by atoms with van der Waals surface area (Å²) in [5, 5.41) is 0. The summed E-state index contributed by atoms with van der Waals surface area (Å²) >= 11 is -1.10. The second kappa shape index (κ2) is 10.9. The lowest BCUT2D eigenvalue weighted by atomic mass is 9.87. The first-order chi connectivity index (χ1) is 16.7. The Morgan fingerprint density at radius 1 is 1.03 bits per heavy atom. The van der Waals surface area contributed by atoms with E-state index in [1.165, 1.54) is 5.56 Å². The number of ether oxygens (including phenoxy) is 2. The summed E-state index contributed by atoms with van der Waals surface area (Å²) in [5.74, 6) is 0.326. The standard InChI is InChI=1S/C29H34NO4S/c1-20-11-13-21(14-12-20)22-15-17-23(18-16-22)35(32)30-26-9-5-8-25-24(26)7-6-10-27(25)33-19-28(31)34-29(2,3)4/h6-7,10-18,26,30,32H,5,8-9,19H2,1-4H3/q+1/t26-,35?/m1/s1. The van der Waals surface area contributed by atoms with E-state index in [4.69, 9.17) is 9.47 Å². The number of hydrogen-bond donors (Lipinski definition) is 2. The molecule has 1 unspecified atom stereocenters. The van der Waals surface area contributed by atoms with Crippen LogP contribution in [0.3, 0.4) is 0 Å². The molecule has 0 saturated carbocycles. The minimum absolute atomic E-state index is 0.00827. The molecular formula is C29H34NO4S+. The number of carbonyl (C=O) groups excluding carboxylic acids is 1. The molecule has 3 aromatic rings. The molecule has 2 atom stereocenters. The molecule has 0 saturated heterocycles. The molecule has 1 aliphatic carbocycles. The Morgan fingerprint density at radius 2 is 1.69 bits per heavy atom. The minimum Gasteiger partial charge on any atom is -0.482 e. The van der Waals surface area contributed by atoms with E-state index in [2.05, 4.69) is 54.1 Å². The summed E-state index contributed by atoms with van der Waals surface area (Å²) in [6.45, 7) is 7.48. The van der Waals surface area contributed by atoms with E-state index in [1.54, 1.807) is 0 Å². The predicted octanol–water partition coefficient (Wildman–Crippen LogP) is 6.41. The topological polar surface area (TPSA) is 67.8 Å². The van der Waals surface area contributed by atoms with Crippen molar-refractivity contribution < 1.29 is 18.8 Å². The van der Waals surface area contributed by atoms with Gasteiger partial charge in [0.05, 0.1) is 6.04 Å². The summed E-state index contributed by atoms with van der Waals surface area (Å²) in [7, 11) is 0. The monoisotopic (exact) mass is 492 g/mol. The van der Waals surface area contributed by atoms with Gasteiger partial charge in [0.1, 0.15) is 11.4 Å². The number of hydrogen-bond acceptors (Lipinski definition) is 5. The second-order valence-electron chi connectivity index (χ2n) is 9.94. The fourth-order valence-corrected chi connectivity index (χ4v) is 5.35. The first-order valence-corrected chi connectivity index (χ1v) is 13.2. The highest BCUT2D eigenvalue weighted by molar-refractivity contribution is 7.89. The minimum atomic E-state index is -1.10. The van der Waals surface area contributed by atoms with Crippen molar-refractivity contribution in [2.24, 2.45) is 0 Å². The van der Waals surface area contributed by atoms with Crippen molar-refractivity contribution in [2.45, 2.75) is 63.5 Å². The maximum atomic E-state index is 12.1. The van der Waals surface area contributed by atoms with Gasteiger partial charge in [-0.1, -0.05) is 46.7 Å². The summed E-state index contributed by atoms with van der Waals surface area (Å²) in [6.07, 6.45) is 2.78. The molecular weight excluding hydrogens is 458 g/mol. The average Bonchev–Trinajstić information content (AvgIpc) is 2.82. The van der Waals surface area contributed by atoms with E-state index in [0.29, 0.717) is 5.75 Å². The number of esters is 1. The molecule has 2 N–H and O–H groups in total. The van der Waals surface area contributed by atoms with E-state index >= 15 is 0 Å². The molecule has 35 heavy (non-hydrogen) atoms. The summed E-state index contributed by atoms with van der Waals surface area (Å²) in [4.78, 5) is 13.0. The fraction of sp³-hybridized carbons (Fsp3) is 0.345. The number of aryl methyl sites for hydroxylation is 1. The van der Waals surface area contributed by atoms with Crippen molar-refractivity contribution in [3.63, 3.8) is 0 Å². The van der Waals surface area contributed by atoms with Gasteiger partial charge in [-0.2, -0.15) is 4.55 Å². The number of fused-ring (bicyclic) bond motifs is 1. The van der Waals surface area contributed by atoms with Crippen LogP contribution in [-0.4, -0.2) is 22.7 Å². The number of benzene rings is 3. The third-order valence-corrected chi connectivity index (χ3v) is 7.17. The Hall–Kier alpha value is -2.80. The van der Waals surface area contributed by atoms with E-state index in [-0.39, 0.29) is 18.6 Å². The molecule has 0 radical (unpaired) electrons. The molecule has 0 heterocycles. The van der Waals surface area contributed by atoms with Gasteiger partial charge in [-0.15, -0.1) is 0 Å². The first kappa shape index (κ1) is 25.3. The third-order valence-electron chi connectivity index (χ3n) is 5.95. The van der Waals surface area contributed by atoms with Crippen molar-refractivity contribution in [1.29, 1.82) is 0 Å². The Morgan fingerprint density at radius 3 is 2.34 bits per heavy atom. The van der Waals surface area contributed by atoms with Crippen molar-refractivity contribution in [1.82, 2.24) is 4.72 Å². The lowest BCUT2D eigenvalue weighted by Gasteiger charge is -2.26. The Bertz CT molecular complexity index is 1150. The quantitative estimate of drug-likeness (QED) is 0.294. The molecule has 0 bridgehead atoms. The Balaban J connectivity index is 1.43. The smallest absolute Gasteiger partial charge is 0.344 e. The zero-order valence-corrected chi connectivity index (χ0v) is 21.7. The molecule has 4 rings (SSSR count). The van der Waals surface area contributed by atoms with Gasteiger partial charge in [0, 0.05) is 0 Å². The zero-order chi connectivity index (χ0) is 25.0. The van der Waals surface area contributed by atoms with E-state index < -0.39 is 17.0 Å². The highest BCUT2D eigenvalue weighted by Crippen LogP contribution is 2.36. The van der Waals surface area contributed by atoms with Crippen molar-refractivity contribution in [3.8, 4) is 16.9 Å². The highest BCUT2D eigenvalue weighted by Gasteiger charge is 2.31. The maximum Gasteiger partial charge on any atom is 0.344 e. The lowest BCUT2D eigenvalue weighted by Crippen LogP contribution is -2.31. The summed E-state index contributed by atoms with van der Waals surface area (Å²) in [5.41, 5.74) is 5.18. The highest BCUT2D eigenvalue weighted by atomic mass is 32.2. The van der Waals surface area contributed by atoms with E-state index in [9.17, 15) is 9.35 Å². The SMILES string of the molecule is Cc1ccc(-c2ccc([S+](O)N[C@@H]3CCCc4c(OCC(=O)OC(C)(C)C)cccc43)cc2)cc1. The molecule has 0 aromatic heterocycles. The van der Waals surface area contributed by atoms with Crippen LogP contribution < -0.4 is 9.46 Å². The maximum absolute atomic E-state index is 12.1. The number of nitrogens with one attached hydrogen (secondary N) is 1. The van der Waals surface area contributed by atoms with Crippen LogP contribution in [0.15, 0.2) is 71.6 Å². The third kappa shape index (κ3) is 6.66.